The van der Waals surface area contributed by atoms with E-state index < -0.39 is 0 Å². The zero-order valence-electron chi connectivity index (χ0n) is 16.0. The van der Waals surface area contributed by atoms with Gasteiger partial charge in [0.25, 0.3) is 0 Å². The topological polar surface area (TPSA) is 29.5 Å². The molecule has 2 aromatic carbocycles. The van der Waals surface area contributed by atoms with Crippen LogP contribution in [0.15, 0.2) is 48.5 Å². The quantitative estimate of drug-likeness (QED) is 0.764. The van der Waals surface area contributed by atoms with Crippen LogP contribution in [0, 0.1) is 5.92 Å². The van der Waals surface area contributed by atoms with E-state index in [0.717, 1.165) is 25.9 Å². The number of carbonyl (C=O) groups excluding carboxylic acids is 1. The molecule has 27 heavy (non-hydrogen) atoms. The molecule has 3 heteroatoms. The molecule has 3 nitrogen and oxygen atoms in total. The number of hydrogen-bond donors (Lipinski definition) is 0. The number of rotatable bonds is 2. The third-order valence-corrected chi connectivity index (χ3v) is 7.16. The molecular weight excluding hydrogens is 334 g/mol. The van der Waals surface area contributed by atoms with Gasteiger partial charge in [-0.1, -0.05) is 48.5 Å². The van der Waals surface area contributed by atoms with Crippen molar-refractivity contribution in [1.29, 1.82) is 0 Å². The molecule has 0 aromatic heterocycles. The van der Waals surface area contributed by atoms with Crippen LogP contribution in [0.25, 0.3) is 0 Å². The zero-order chi connectivity index (χ0) is 18.4. The highest BCUT2D eigenvalue weighted by Crippen LogP contribution is 2.49. The first-order chi connectivity index (χ1) is 13.2. The van der Waals surface area contributed by atoms with Gasteiger partial charge in [-0.05, 0) is 54.4 Å². The number of hydrogen-bond acceptors (Lipinski definition) is 3. The highest BCUT2D eigenvalue weighted by Gasteiger charge is 2.47. The van der Waals surface area contributed by atoms with Gasteiger partial charge in [0, 0.05) is 24.5 Å². The van der Waals surface area contributed by atoms with Crippen molar-refractivity contribution in [2.75, 3.05) is 20.2 Å². The van der Waals surface area contributed by atoms with Gasteiger partial charge >= 0.3 is 5.97 Å². The molecule has 2 unspecified atom stereocenters. The molecule has 3 aliphatic rings. The van der Waals surface area contributed by atoms with E-state index in [4.69, 9.17) is 4.74 Å². The summed E-state index contributed by atoms with van der Waals surface area (Å²) < 4.78 is 4.91. The summed E-state index contributed by atoms with van der Waals surface area (Å²) in [6, 6.07) is 18.7. The lowest BCUT2D eigenvalue weighted by atomic mass is 9.73. The average Bonchev–Trinajstić information content (AvgIpc) is 3.00. The monoisotopic (exact) mass is 361 g/mol. The Morgan fingerprint density at radius 1 is 1.04 bits per heavy atom. The summed E-state index contributed by atoms with van der Waals surface area (Å²) >= 11 is 0. The minimum absolute atomic E-state index is 0.0484. The molecule has 2 fully saturated rings. The molecule has 2 aromatic rings. The van der Waals surface area contributed by atoms with Crippen molar-refractivity contribution in [3.05, 3.63) is 70.8 Å². The van der Waals surface area contributed by atoms with Gasteiger partial charge in [0.2, 0.25) is 0 Å². The molecule has 0 amide bonds. The number of benzene rings is 2. The summed E-state index contributed by atoms with van der Waals surface area (Å²) in [6.45, 7) is 1.73. The van der Waals surface area contributed by atoms with Gasteiger partial charge in [0.1, 0.15) is 0 Å². The third kappa shape index (κ3) is 2.80. The predicted octanol–water partition coefficient (Wildman–Crippen LogP) is 3.73. The Hall–Kier alpha value is -2.13. The van der Waals surface area contributed by atoms with Crippen molar-refractivity contribution in [2.24, 2.45) is 5.92 Å². The van der Waals surface area contributed by atoms with Crippen LogP contribution >= 0.6 is 0 Å². The van der Waals surface area contributed by atoms with E-state index in [-0.39, 0.29) is 17.3 Å². The highest BCUT2D eigenvalue weighted by molar-refractivity contribution is 5.73. The van der Waals surface area contributed by atoms with Crippen LogP contribution in [-0.2, 0) is 27.8 Å². The Morgan fingerprint density at radius 3 is 2.52 bits per heavy atom. The van der Waals surface area contributed by atoms with Gasteiger partial charge in [-0.25, -0.2) is 0 Å². The Morgan fingerprint density at radius 2 is 1.74 bits per heavy atom. The minimum Gasteiger partial charge on any atom is -0.469 e. The molecule has 1 saturated heterocycles. The van der Waals surface area contributed by atoms with Gasteiger partial charge in [0.15, 0.2) is 0 Å². The third-order valence-electron chi connectivity index (χ3n) is 7.16. The number of methoxy groups -OCH3 is 1. The Balaban J connectivity index is 1.43. The second-order valence-electron chi connectivity index (χ2n) is 8.63. The second kappa shape index (κ2) is 6.49. The molecule has 1 saturated carbocycles. The van der Waals surface area contributed by atoms with E-state index in [9.17, 15) is 4.79 Å². The number of likely N-dealkylation sites (tertiary alicyclic amines) is 1. The fourth-order valence-corrected chi connectivity index (χ4v) is 5.70. The van der Waals surface area contributed by atoms with E-state index in [2.05, 4.69) is 53.4 Å². The summed E-state index contributed by atoms with van der Waals surface area (Å²) in [5.74, 6) is 0.0291. The van der Waals surface area contributed by atoms with Crippen LogP contribution in [0.2, 0.25) is 0 Å². The molecule has 1 spiro atoms. The van der Waals surface area contributed by atoms with Gasteiger partial charge in [-0.3, -0.25) is 9.69 Å². The number of ether oxygens (including phenoxy) is 1. The second-order valence-corrected chi connectivity index (χ2v) is 8.63. The number of nitrogens with zero attached hydrogens (tertiary/aromatic N) is 1. The summed E-state index contributed by atoms with van der Waals surface area (Å²) in [5.41, 5.74) is 6.31. The summed E-state index contributed by atoms with van der Waals surface area (Å²) in [6.07, 6.45) is 5.86. The van der Waals surface area contributed by atoms with Crippen LogP contribution in [0.5, 0.6) is 0 Å². The maximum atomic E-state index is 11.7. The molecule has 2 atom stereocenters. The van der Waals surface area contributed by atoms with Crippen LogP contribution in [0.3, 0.4) is 0 Å². The zero-order valence-corrected chi connectivity index (χ0v) is 16.0. The van der Waals surface area contributed by atoms with Crippen LogP contribution < -0.4 is 0 Å². The van der Waals surface area contributed by atoms with Gasteiger partial charge < -0.3 is 4.74 Å². The van der Waals surface area contributed by atoms with Crippen molar-refractivity contribution in [3.63, 3.8) is 0 Å². The average molecular weight is 361 g/mol. The van der Waals surface area contributed by atoms with E-state index in [1.807, 2.05) is 0 Å². The van der Waals surface area contributed by atoms with Crippen LogP contribution in [-0.4, -0.2) is 37.1 Å². The van der Waals surface area contributed by atoms with Crippen molar-refractivity contribution in [2.45, 2.75) is 43.6 Å². The van der Waals surface area contributed by atoms with Crippen LogP contribution in [0.1, 0.15) is 41.5 Å². The molecular formula is C24H27NO2. The molecule has 1 aliphatic heterocycles. The standard InChI is InChI=1S/C24H27NO2/c1-27-23(26)20-15-25(16-20)21-10-11-24(14-21)13-19-8-3-2-6-17(19)12-18-7-4-5-9-22(18)24/h2-9,20-21H,10-16H2,1H3. The van der Waals surface area contributed by atoms with Gasteiger partial charge in [0.05, 0.1) is 13.0 Å². The summed E-state index contributed by atoms with van der Waals surface area (Å²) in [4.78, 5) is 14.3. The maximum Gasteiger partial charge on any atom is 0.311 e. The van der Waals surface area contributed by atoms with E-state index in [1.54, 1.807) is 5.56 Å². The molecule has 0 bridgehead atoms. The van der Waals surface area contributed by atoms with Crippen molar-refractivity contribution >= 4 is 5.97 Å². The van der Waals surface area contributed by atoms with E-state index in [1.165, 1.54) is 43.1 Å². The largest absolute Gasteiger partial charge is 0.469 e. The Bertz CT molecular complexity index is 870. The van der Waals surface area contributed by atoms with E-state index in [0.29, 0.717) is 6.04 Å². The first kappa shape index (κ1) is 17.0. The van der Waals surface area contributed by atoms with Crippen molar-refractivity contribution in [1.82, 2.24) is 4.90 Å². The Kier molecular flexibility index (Phi) is 4.08. The molecule has 2 aliphatic carbocycles. The number of esters is 1. The minimum atomic E-state index is -0.0484. The smallest absolute Gasteiger partial charge is 0.311 e. The lowest BCUT2D eigenvalue weighted by Crippen LogP contribution is -2.54. The summed E-state index contributed by atoms with van der Waals surface area (Å²) in [7, 11) is 1.50. The lowest BCUT2D eigenvalue weighted by molar-refractivity contribution is -0.152. The normalized spacial score (nSPS) is 27.5. The van der Waals surface area contributed by atoms with Crippen LogP contribution in [0.4, 0.5) is 0 Å². The molecule has 0 radical (unpaired) electrons. The molecule has 1 heterocycles. The van der Waals surface area contributed by atoms with Gasteiger partial charge in [-0.2, -0.15) is 0 Å². The molecule has 0 N–H and O–H groups in total. The summed E-state index contributed by atoms with van der Waals surface area (Å²) in [5, 5.41) is 0. The molecule has 140 valence electrons. The van der Waals surface area contributed by atoms with Gasteiger partial charge in [-0.15, -0.1) is 0 Å². The van der Waals surface area contributed by atoms with Crippen molar-refractivity contribution in [3.8, 4) is 0 Å². The SMILES string of the molecule is COC(=O)C1CN(C2CCC3(Cc4ccccc4Cc4ccccc43)C2)C1. The lowest BCUT2D eigenvalue weighted by Gasteiger charge is -2.42. The first-order valence-electron chi connectivity index (χ1n) is 10.2. The fourth-order valence-electron chi connectivity index (χ4n) is 5.70. The first-order valence-corrected chi connectivity index (χ1v) is 10.2. The highest BCUT2D eigenvalue weighted by atomic mass is 16.5. The Labute approximate surface area is 161 Å². The number of fused-ring (bicyclic) bond motifs is 3. The van der Waals surface area contributed by atoms with Crippen molar-refractivity contribution < 1.29 is 9.53 Å². The molecule has 5 rings (SSSR count). The predicted molar refractivity (Wildman–Crippen MR) is 106 cm³/mol. The maximum absolute atomic E-state index is 11.7. The van der Waals surface area contributed by atoms with E-state index >= 15 is 0 Å². The fraction of sp³-hybridized carbons (Fsp3) is 0.458. The number of carbonyl (C=O) groups is 1.